The number of halogens is 2. The Morgan fingerprint density at radius 2 is 1.62 bits per heavy atom. The van der Waals surface area contributed by atoms with E-state index in [-0.39, 0.29) is 12.2 Å². The van der Waals surface area contributed by atoms with Gasteiger partial charge in [-0.3, -0.25) is 0 Å². The molecule has 1 aromatic carbocycles. The summed E-state index contributed by atoms with van der Waals surface area (Å²) in [5.74, 6) is -1.13. The van der Waals surface area contributed by atoms with Crippen molar-refractivity contribution in [2.45, 2.75) is 20.5 Å². The highest BCUT2D eigenvalue weighted by Crippen LogP contribution is 2.12. The van der Waals surface area contributed by atoms with Crippen molar-refractivity contribution >= 4 is 0 Å². The number of methoxy groups -OCH3 is 1. The Bertz CT molecular complexity index is 228. The van der Waals surface area contributed by atoms with E-state index in [1.807, 2.05) is 13.8 Å². The van der Waals surface area contributed by atoms with Gasteiger partial charge in [0.1, 0.15) is 11.6 Å². The van der Waals surface area contributed by atoms with E-state index >= 15 is 0 Å². The molecule has 13 heavy (non-hydrogen) atoms. The lowest BCUT2D eigenvalue weighted by atomic mass is 10.2. The molecule has 0 aromatic heterocycles. The summed E-state index contributed by atoms with van der Waals surface area (Å²) < 4.78 is 30.0. The van der Waals surface area contributed by atoms with Crippen molar-refractivity contribution < 1.29 is 13.5 Å². The maximum absolute atomic E-state index is 12.7. The van der Waals surface area contributed by atoms with Crippen LogP contribution in [-0.2, 0) is 11.3 Å². The highest BCUT2D eigenvalue weighted by molar-refractivity contribution is 5.18. The zero-order valence-corrected chi connectivity index (χ0v) is 8.10. The fourth-order valence-corrected chi connectivity index (χ4v) is 0.815. The molecule has 0 unspecified atom stereocenters. The van der Waals surface area contributed by atoms with Gasteiger partial charge in [0, 0.05) is 12.7 Å². The first kappa shape index (κ1) is 12.0. The summed E-state index contributed by atoms with van der Waals surface area (Å²) in [5.41, 5.74) is -0.0185. The molecule has 0 atom stereocenters. The van der Waals surface area contributed by atoms with Gasteiger partial charge in [-0.15, -0.1) is 0 Å². The molecule has 74 valence electrons. The average molecular weight is 188 g/mol. The zero-order chi connectivity index (χ0) is 10.3. The largest absolute Gasteiger partial charge is 0.380 e. The first-order chi connectivity index (χ1) is 6.25. The second kappa shape index (κ2) is 6.54. The SMILES string of the molecule is CC.COCc1c(F)cccc1F. The van der Waals surface area contributed by atoms with Crippen LogP contribution in [0.25, 0.3) is 0 Å². The van der Waals surface area contributed by atoms with Crippen molar-refractivity contribution in [2.24, 2.45) is 0 Å². The van der Waals surface area contributed by atoms with Gasteiger partial charge < -0.3 is 4.74 Å². The van der Waals surface area contributed by atoms with Gasteiger partial charge in [0.2, 0.25) is 0 Å². The van der Waals surface area contributed by atoms with Crippen LogP contribution >= 0.6 is 0 Å². The lowest BCUT2D eigenvalue weighted by Crippen LogP contribution is -1.96. The topological polar surface area (TPSA) is 9.23 Å². The molecule has 0 N–H and O–H groups in total. The van der Waals surface area contributed by atoms with Crippen LogP contribution in [-0.4, -0.2) is 7.11 Å². The fraction of sp³-hybridized carbons (Fsp3) is 0.400. The fourth-order valence-electron chi connectivity index (χ4n) is 0.815. The summed E-state index contributed by atoms with van der Waals surface area (Å²) >= 11 is 0. The molecule has 0 spiro atoms. The molecular formula is C10H14F2O. The molecule has 1 rings (SSSR count). The molecule has 0 aliphatic carbocycles. The van der Waals surface area contributed by atoms with Crippen molar-refractivity contribution in [3.05, 3.63) is 35.4 Å². The predicted octanol–water partition coefficient (Wildman–Crippen LogP) is 3.14. The summed E-state index contributed by atoms with van der Waals surface area (Å²) in [6, 6.07) is 3.73. The maximum Gasteiger partial charge on any atom is 0.131 e. The monoisotopic (exact) mass is 188 g/mol. The van der Waals surface area contributed by atoms with Crippen LogP contribution in [0.4, 0.5) is 8.78 Å². The van der Waals surface area contributed by atoms with Gasteiger partial charge in [-0.2, -0.15) is 0 Å². The van der Waals surface area contributed by atoms with E-state index in [1.165, 1.54) is 25.3 Å². The molecule has 0 saturated carbocycles. The van der Waals surface area contributed by atoms with Crippen molar-refractivity contribution in [1.82, 2.24) is 0 Å². The zero-order valence-electron chi connectivity index (χ0n) is 8.10. The number of hydrogen-bond donors (Lipinski definition) is 0. The van der Waals surface area contributed by atoms with E-state index in [4.69, 9.17) is 0 Å². The minimum atomic E-state index is -0.563. The summed E-state index contributed by atoms with van der Waals surface area (Å²) in [6.45, 7) is 3.97. The second-order valence-corrected chi connectivity index (χ2v) is 2.13. The molecule has 0 saturated heterocycles. The van der Waals surface area contributed by atoms with Crippen molar-refractivity contribution in [3.63, 3.8) is 0 Å². The van der Waals surface area contributed by atoms with Crippen LogP contribution in [0, 0.1) is 11.6 Å². The minimum absolute atomic E-state index is 0.0185. The van der Waals surface area contributed by atoms with Crippen LogP contribution in [0.5, 0.6) is 0 Å². The normalized spacial score (nSPS) is 9.00. The van der Waals surface area contributed by atoms with E-state index in [0.717, 1.165) is 0 Å². The van der Waals surface area contributed by atoms with Gasteiger partial charge in [0.25, 0.3) is 0 Å². The lowest BCUT2D eigenvalue weighted by Gasteiger charge is -2.01. The van der Waals surface area contributed by atoms with Gasteiger partial charge in [-0.25, -0.2) is 8.78 Å². The molecule has 0 radical (unpaired) electrons. The van der Waals surface area contributed by atoms with E-state index in [9.17, 15) is 8.78 Å². The highest BCUT2D eigenvalue weighted by atomic mass is 19.1. The second-order valence-electron chi connectivity index (χ2n) is 2.13. The third-order valence-corrected chi connectivity index (χ3v) is 1.35. The molecule has 0 aliphatic rings. The van der Waals surface area contributed by atoms with Crippen LogP contribution in [0.15, 0.2) is 18.2 Å². The van der Waals surface area contributed by atoms with Crippen molar-refractivity contribution in [3.8, 4) is 0 Å². The Morgan fingerprint density at radius 1 is 1.15 bits per heavy atom. The molecule has 3 heteroatoms. The standard InChI is InChI=1S/C8H8F2O.C2H6/c1-11-5-6-7(9)3-2-4-8(6)10;1-2/h2-4H,5H2,1H3;1-2H3. The Labute approximate surface area is 77.3 Å². The predicted molar refractivity (Wildman–Crippen MR) is 48.4 cm³/mol. The summed E-state index contributed by atoms with van der Waals surface area (Å²) in [6.07, 6.45) is 0. The molecule has 1 aromatic rings. The van der Waals surface area contributed by atoms with Crippen molar-refractivity contribution in [1.29, 1.82) is 0 Å². The summed E-state index contributed by atoms with van der Waals surface area (Å²) in [4.78, 5) is 0. The number of ether oxygens (including phenoxy) is 1. The van der Waals surface area contributed by atoms with Gasteiger partial charge >= 0.3 is 0 Å². The Balaban J connectivity index is 0.000000671. The maximum atomic E-state index is 12.7. The third-order valence-electron chi connectivity index (χ3n) is 1.35. The Hall–Kier alpha value is -0.960. The average Bonchev–Trinajstić information content (AvgIpc) is 2.15. The minimum Gasteiger partial charge on any atom is -0.380 e. The van der Waals surface area contributed by atoms with E-state index in [0.29, 0.717) is 0 Å². The van der Waals surface area contributed by atoms with Gasteiger partial charge in [-0.1, -0.05) is 19.9 Å². The van der Waals surface area contributed by atoms with Gasteiger partial charge in [0.05, 0.1) is 6.61 Å². The van der Waals surface area contributed by atoms with Gasteiger partial charge in [0.15, 0.2) is 0 Å². The molecule has 0 fully saturated rings. The van der Waals surface area contributed by atoms with Gasteiger partial charge in [-0.05, 0) is 12.1 Å². The number of rotatable bonds is 2. The molecule has 1 nitrogen and oxygen atoms in total. The van der Waals surface area contributed by atoms with Crippen LogP contribution in [0.3, 0.4) is 0 Å². The Kier molecular flexibility index (Phi) is 6.06. The van der Waals surface area contributed by atoms with Crippen molar-refractivity contribution in [2.75, 3.05) is 7.11 Å². The molecule has 0 heterocycles. The highest BCUT2D eigenvalue weighted by Gasteiger charge is 2.06. The number of benzene rings is 1. The summed E-state index contributed by atoms with van der Waals surface area (Å²) in [7, 11) is 1.39. The quantitative estimate of drug-likeness (QED) is 0.692. The number of hydrogen-bond acceptors (Lipinski definition) is 1. The molecule has 0 aliphatic heterocycles. The molecular weight excluding hydrogens is 174 g/mol. The van der Waals surface area contributed by atoms with E-state index < -0.39 is 11.6 Å². The molecule has 0 bridgehead atoms. The Morgan fingerprint density at radius 3 is 2.00 bits per heavy atom. The van der Waals surface area contributed by atoms with E-state index in [2.05, 4.69) is 4.74 Å². The first-order valence-electron chi connectivity index (χ1n) is 4.17. The van der Waals surface area contributed by atoms with Crippen LogP contribution in [0.1, 0.15) is 19.4 Å². The smallest absolute Gasteiger partial charge is 0.131 e. The first-order valence-corrected chi connectivity index (χ1v) is 4.17. The molecule has 0 amide bonds. The van der Waals surface area contributed by atoms with Crippen LogP contribution < -0.4 is 0 Å². The van der Waals surface area contributed by atoms with E-state index in [1.54, 1.807) is 0 Å². The lowest BCUT2D eigenvalue weighted by molar-refractivity contribution is 0.177. The van der Waals surface area contributed by atoms with Crippen LogP contribution in [0.2, 0.25) is 0 Å². The third kappa shape index (κ3) is 3.51. The summed E-state index contributed by atoms with van der Waals surface area (Å²) in [5, 5.41) is 0.